The summed E-state index contributed by atoms with van der Waals surface area (Å²) in [7, 11) is 0. The number of hydrogen-bond donors (Lipinski definition) is 4. The molecule has 0 aliphatic rings. The second kappa shape index (κ2) is 14.2. The van der Waals surface area contributed by atoms with Gasteiger partial charge in [0.05, 0.1) is 5.39 Å². The zero-order valence-electron chi connectivity index (χ0n) is 24.8. The molecule has 238 valence electrons. The molecule has 14 heteroatoms. The molecule has 0 aliphatic carbocycles. The van der Waals surface area contributed by atoms with E-state index in [9.17, 15) is 24.0 Å². The number of amides is 1. The fourth-order valence-corrected chi connectivity index (χ4v) is 4.73. The van der Waals surface area contributed by atoms with Gasteiger partial charge in [-0.1, -0.05) is 42.5 Å². The zero-order valence-corrected chi connectivity index (χ0v) is 24.8. The van der Waals surface area contributed by atoms with Gasteiger partial charge in [0.15, 0.2) is 18.1 Å². The molecule has 0 radical (unpaired) electrons. The number of carbonyl (C=O) groups excluding carboxylic acids is 3. The van der Waals surface area contributed by atoms with Crippen LogP contribution in [-0.2, 0) is 45.1 Å². The normalized spacial score (nSPS) is 11.7. The van der Waals surface area contributed by atoms with Crippen molar-refractivity contribution in [3.8, 4) is 0 Å². The maximum Gasteiger partial charge on any atom is 0.519 e. The number of aromatic amines is 2. The number of hydrogen-bond acceptors (Lipinski definition) is 11. The number of nitrogens with two attached hydrogens (primary N) is 1. The number of nitrogens with one attached hydrogen (secondary N) is 3. The highest BCUT2D eigenvalue weighted by Gasteiger charge is 2.25. The molecule has 1 amide bonds. The lowest BCUT2D eigenvalue weighted by molar-refractivity contribution is -0.149. The van der Waals surface area contributed by atoms with Crippen LogP contribution >= 0.6 is 0 Å². The minimum absolute atomic E-state index is 0.0268. The summed E-state index contributed by atoms with van der Waals surface area (Å²) in [5.41, 5.74) is 8.44. The molecule has 46 heavy (non-hydrogen) atoms. The molecule has 3 heterocycles. The first-order valence-corrected chi connectivity index (χ1v) is 14.4. The van der Waals surface area contributed by atoms with E-state index in [0.29, 0.717) is 23.9 Å². The Morgan fingerprint density at radius 3 is 2.43 bits per heavy atom. The first-order valence-electron chi connectivity index (χ1n) is 14.4. The zero-order chi connectivity index (χ0) is 32.6. The number of aromatic nitrogens is 3. The van der Waals surface area contributed by atoms with E-state index in [-0.39, 0.29) is 48.0 Å². The molecule has 5 aromatic rings. The van der Waals surface area contributed by atoms with Gasteiger partial charge in [-0.3, -0.25) is 19.4 Å². The summed E-state index contributed by atoms with van der Waals surface area (Å²) in [5, 5.41) is 3.07. The van der Waals surface area contributed by atoms with Crippen LogP contribution in [0.15, 0.2) is 79.2 Å². The van der Waals surface area contributed by atoms with Crippen LogP contribution in [0.25, 0.3) is 11.0 Å². The van der Waals surface area contributed by atoms with Crippen LogP contribution < -0.4 is 22.4 Å². The molecule has 1 atom stereocenters. The van der Waals surface area contributed by atoms with Gasteiger partial charge in [0.1, 0.15) is 18.3 Å². The lowest BCUT2D eigenvalue weighted by Gasteiger charge is -2.17. The predicted octanol–water partition coefficient (Wildman–Crippen LogP) is 2.84. The molecule has 0 fully saturated rings. The fraction of sp³-hybridized carbons (Fsp3) is 0.250. The number of esters is 2. The van der Waals surface area contributed by atoms with E-state index in [4.69, 9.17) is 24.0 Å². The number of ether oxygens (including phenoxy) is 2. The number of nitrogens with zero attached hydrogens (tertiary/aromatic N) is 1. The summed E-state index contributed by atoms with van der Waals surface area (Å²) in [6, 6.07) is 14.6. The average molecular weight is 630 g/mol. The van der Waals surface area contributed by atoms with Crippen molar-refractivity contribution in [3.63, 3.8) is 0 Å². The third kappa shape index (κ3) is 7.96. The average Bonchev–Trinajstić information content (AvgIpc) is 3.61. The molecule has 0 aliphatic heterocycles. The lowest BCUT2D eigenvalue weighted by Crippen LogP contribution is -2.42. The predicted molar refractivity (Wildman–Crippen MR) is 163 cm³/mol. The van der Waals surface area contributed by atoms with Crippen molar-refractivity contribution >= 4 is 34.8 Å². The van der Waals surface area contributed by atoms with Crippen LogP contribution in [0, 0.1) is 6.92 Å². The van der Waals surface area contributed by atoms with E-state index in [2.05, 4.69) is 20.3 Å². The lowest BCUT2D eigenvalue weighted by atomic mass is 10.0. The highest BCUT2D eigenvalue weighted by atomic mass is 16.6. The maximum absolute atomic E-state index is 13.1. The van der Waals surface area contributed by atoms with Crippen LogP contribution in [0.5, 0.6) is 0 Å². The van der Waals surface area contributed by atoms with Crippen LogP contribution in [0.1, 0.15) is 51.4 Å². The molecule has 0 unspecified atom stereocenters. The van der Waals surface area contributed by atoms with Crippen LogP contribution in [0.3, 0.4) is 0 Å². The number of aryl methyl sites for hydroxylation is 3. The molecule has 5 N–H and O–H groups in total. The fourth-order valence-electron chi connectivity index (χ4n) is 4.73. The Bertz CT molecular complexity index is 1960. The quantitative estimate of drug-likeness (QED) is 0.139. The minimum atomic E-state index is -1.21. The summed E-state index contributed by atoms with van der Waals surface area (Å²) < 4.78 is 20.2. The van der Waals surface area contributed by atoms with Crippen LogP contribution in [-0.4, -0.2) is 38.8 Å². The van der Waals surface area contributed by atoms with Gasteiger partial charge in [-0.05, 0) is 55.0 Å². The molecule has 5 rings (SSSR count). The van der Waals surface area contributed by atoms with Gasteiger partial charge in [0, 0.05) is 18.2 Å². The van der Waals surface area contributed by atoms with Gasteiger partial charge in [0.25, 0.3) is 11.5 Å². The molecule has 0 spiro atoms. The summed E-state index contributed by atoms with van der Waals surface area (Å²) in [4.78, 5) is 71.8. The molecule has 3 aromatic heterocycles. The summed E-state index contributed by atoms with van der Waals surface area (Å²) in [5.74, 6) is -2.69. The number of fused-ring (bicyclic) bond motifs is 1. The van der Waals surface area contributed by atoms with Crippen molar-refractivity contribution in [2.24, 2.45) is 0 Å². The standard InChI is InChI=1S/C32H31N5O9/c1-18-24(46-32(42)45-18)17-44-30(41)23(13-14-25(38)43-16-20-5-3-2-4-6-20)35-28(39)21-10-7-19(8-11-21)9-12-22-15-34-27-26(22)29(40)37-31(33)36-27/h2-8,10-11,15,23H,9,12-14,16-17H2,1H3,(H,35,39)(H4,33,34,36,37,40)/t23-/m0/s1. The Kier molecular flexibility index (Phi) is 9.75. The Balaban J connectivity index is 1.20. The number of rotatable bonds is 13. The first kappa shape index (κ1) is 31.5. The topological polar surface area (TPSA) is 213 Å². The van der Waals surface area contributed by atoms with Gasteiger partial charge in [-0.2, -0.15) is 4.98 Å². The Hall–Kier alpha value is -5.92. The maximum atomic E-state index is 13.1. The highest BCUT2D eigenvalue weighted by Crippen LogP contribution is 2.17. The number of anilines is 1. The second-order valence-corrected chi connectivity index (χ2v) is 10.4. The first-order chi connectivity index (χ1) is 22.2. The molecule has 0 saturated heterocycles. The molecular formula is C32H31N5O9. The Morgan fingerprint density at radius 2 is 1.72 bits per heavy atom. The number of H-pyrrole nitrogens is 2. The Labute approximate surface area is 260 Å². The van der Waals surface area contributed by atoms with Gasteiger partial charge in [0.2, 0.25) is 5.95 Å². The number of nitrogen functional groups attached to an aromatic ring is 1. The highest BCUT2D eigenvalue weighted by molar-refractivity contribution is 5.97. The number of carbonyl (C=O) groups is 3. The summed E-state index contributed by atoms with van der Waals surface area (Å²) >= 11 is 0. The molecule has 0 bridgehead atoms. The molecule has 0 saturated carbocycles. The SMILES string of the molecule is Cc1oc(=O)oc1COC(=O)[C@H](CCC(=O)OCc1ccccc1)NC(=O)c1ccc(CCc2c[nH]c3nc(N)[nH]c(=O)c23)cc1. The summed E-state index contributed by atoms with van der Waals surface area (Å²) in [6.45, 7) is 1.14. The van der Waals surface area contributed by atoms with Crippen molar-refractivity contribution in [2.75, 3.05) is 5.73 Å². The van der Waals surface area contributed by atoms with Crippen LogP contribution in [0.2, 0.25) is 0 Å². The monoisotopic (exact) mass is 629 g/mol. The smallest absolute Gasteiger partial charge is 0.461 e. The van der Waals surface area contributed by atoms with Crippen molar-refractivity contribution in [1.82, 2.24) is 20.3 Å². The second-order valence-electron chi connectivity index (χ2n) is 10.4. The van der Waals surface area contributed by atoms with Crippen molar-refractivity contribution in [3.05, 3.63) is 116 Å². The van der Waals surface area contributed by atoms with E-state index in [1.807, 2.05) is 30.3 Å². The van der Waals surface area contributed by atoms with E-state index < -0.39 is 36.3 Å². The third-order valence-electron chi connectivity index (χ3n) is 7.19. The molecule has 2 aromatic carbocycles. The van der Waals surface area contributed by atoms with Crippen molar-refractivity contribution in [2.45, 2.75) is 51.9 Å². The molecule has 14 nitrogen and oxygen atoms in total. The minimum Gasteiger partial charge on any atom is -0.461 e. The largest absolute Gasteiger partial charge is 0.519 e. The summed E-state index contributed by atoms with van der Waals surface area (Å²) in [6.07, 6.45) is 2.54. The van der Waals surface area contributed by atoms with Gasteiger partial charge in [-0.25, -0.2) is 9.59 Å². The van der Waals surface area contributed by atoms with Gasteiger partial charge < -0.3 is 34.3 Å². The van der Waals surface area contributed by atoms with E-state index in [0.717, 1.165) is 16.7 Å². The van der Waals surface area contributed by atoms with Crippen molar-refractivity contribution in [1.29, 1.82) is 0 Å². The van der Waals surface area contributed by atoms with E-state index in [1.165, 1.54) is 6.92 Å². The van der Waals surface area contributed by atoms with E-state index in [1.54, 1.807) is 30.5 Å². The van der Waals surface area contributed by atoms with Gasteiger partial charge in [-0.15, -0.1) is 0 Å². The van der Waals surface area contributed by atoms with Crippen LogP contribution in [0.4, 0.5) is 5.95 Å². The number of benzene rings is 2. The van der Waals surface area contributed by atoms with Gasteiger partial charge >= 0.3 is 17.8 Å². The Morgan fingerprint density at radius 1 is 0.957 bits per heavy atom. The molecular weight excluding hydrogens is 598 g/mol. The third-order valence-corrected chi connectivity index (χ3v) is 7.19. The van der Waals surface area contributed by atoms with E-state index >= 15 is 0 Å². The van der Waals surface area contributed by atoms with Crippen molar-refractivity contribution < 1.29 is 32.7 Å².